The van der Waals surface area contributed by atoms with Gasteiger partial charge in [-0.2, -0.15) is 0 Å². The van der Waals surface area contributed by atoms with Crippen molar-refractivity contribution in [1.29, 1.82) is 0 Å². The van der Waals surface area contributed by atoms with Crippen molar-refractivity contribution in [3.63, 3.8) is 0 Å². The summed E-state index contributed by atoms with van der Waals surface area (Å²) in [5.74, 6) is 1.40. The molecular weight excluding hydrogens is 1120 g/mol. The lowest BCUT2D eigenvalue weighted by atomic mass is 9.76. The number of nitrogens with one attached hydrogen (secondary N) is 2. The van der Waals surface area contributed by atoms with Gasteiger partial charge < -0.3 is 48.5 Å². The van der Waals surface area contributed by atoms with Gasteiger partial charge in [-0.05, 0) is 97.2 Å². The molecule has 0 aromatic heterocycles. The van der Waals surface area contributed by atoms with E-state index < -0.39 is 41.7 Å². The topological polar surface area (TPSA) is 166 Å². The van der Waals surface area contributed by atoms with E-state index in [2.05, 4.69) is 61.9 Å². The Morgan fingerprint density at radius 1 is 0.404 bits per heavy atom. The van der Waals surface area contributed by atoms with Crippen molar-refractivity contribution in [2.24, 2.45) is 0 Å². The van der Waals surface area contributed by atoms with E-state index in [1.807, 2.05) is 185 Å². The molecule has 2 unspecified atom stereocenters. The van der Waals surface area contributed by atoms with Gasteiger partial charge in [0.15, 0.2) is 12.2 Å². The molecular formula is C75H78N2O12. The van der Waals surface area contributed by atoms with Gasteiger partial charge in [0.2, 0.25) is 0 Å². The Kier molecular flexibility index (Phi) is 22.6. The lowest BCUT2D eigenvalue weighted by Gasteiger charge is -2.30. The molecule has 0 aliphatic carbocycles. The second-order valence-corrected chi connectivity index (χ2v) is 22.3. The van der Waals surface area contributed by atoms with Crippen molar-refractivity contribution in [3.8, 4) is 67.5 Å². The first kappa shape index (κ1) is 64.9. The fourth-order valence-electron chi connectivity index (χ4n) is 10.2. The molecule has 14 nitrogen and oxygen atoms in total. The highest BCUT2D eigenvalue weighted by molar-refractivity contribution is 5.88. The van der Waals surface area contributed by atoms with E-state index in [1.165, 1.54) is 0 Å². The third-order valence-electron chi connectivity index (χ3n) is 14.8. The van der Waals surface area contributed by atoms with Gasteiger partial charge in [-0.15, -0.1) is 0 Å². The Hall–Kier alpha value is -10.1. The van der Waals surface area contributed by atoms with Crippen LogP contribution in [0.3, 0.4) is 0 Å². The van der Waals surface area contributed by atoms with Gasteiger partial charge in [-0.3, -0.25) is 0 Å². The van der Waals surface area contributed by atoms with Crippen LogP contribution in [0.4, 0.5) is 9.59 Å². The SMILES string of the molecule is C=C(C)C(=O)OCCNC(=O)OC(COc1c(C)cc(C(C)(C)c2cc(C)c(OCC(COc3c(-c4ccccc4)cccc3-c3ccccc3)OC(=O)NCCOC(=O)C(=C)C)c(C)c2)cc1C)COc1c(-c2ccccc2)cccc1-c1ccccc1. The van der Waals surface area contributed by atoms with E-state index in [-0.39, 0.29) is 63.9 Å². The lowest BCUT2D eigenvalue weighted by molar-refractivity contribution is -0.139. The van der Waals surface area contributed by atoms with Gasteiger partial charge in [-0.25, -0.2) is 19.2 Å². The molecule has 8 aromatic rings. The van der Waals surface area contributed by atoms with Gasteiger partial charge in [0.25, 0.3) is 0 Å². The number of rotatable bonds is 28. The summed E-state index contributed by atoms with van der Waals surface area (Å²) in [6.45, 7) is 22.3. The molecule has 0 fully saturated rings. The molecule has 0 radical (unpaired) electrons. The highest BCUT2D eigenvalue weighted by atomic mass is 16.6. The Balaban J connectivity index is 1.00. The maximum atomic E-state index is 13.4. The number of esters is 2. The maximum absolute atomic E-state index is 13.4. The third kappa shape index (κ3) is 17.6. The summed E-state index contributed by atoms with van der Waals surface area (Å²) in [6.07, 6.45) is -3.27. The van der Waals surface area contributed by atoms with Gasteiger partial charge >= 0.3 is 24.1 Å². The maximum Gasteiger partial charge on any atom is 0.407 e. The van der Waals surface area contributed by atoms with Crippen LogP contribution in [0.5, 0.6) is 23.0 Å². The standard InChI is InChI=1S/C75H78N2O12/c1-49(2)71(78)82-39-37-76-73(80)88-61(47-86-69-63(55-25-15-11-16-26-55)33-23-34-64(69)56-27-17-12-18-28-56)45-84-67-51(5)41-59(42-52(67)6)75(9,10)60-43-53(7)68(54(8)44-60)85-46-62(89-74(81)77-38-40-83-72(79)50(3)4)48-87-70-65(57-29-19-13-20-30-57)35-24-36-66(70)58-31-21-14-22-32-58/h11-36,41-44,61-62H,1,3,37-40,45-48H2,2,4-10H3,(H,76,80)(H,77,81). The van der Waals surface area contributed by atoms with Gasteiger partial charge in [0.1, 0.15) is 62.6 Å². The quantitative estimate of drug-likeness (QED) is 0.0207. The largest absolute Gasteiger partial charge is 0.489 e. The molecule has 2 atom stereocenters. The minimum absolute atomic E-state index is 0.0128. The molecule has 0 aliphatic rings. The van der Waals surface area contributed by atoms with Crippen LogP contribution in [0.2, 0.25) is 0 Å². The van der Waals surface area contributed by atoms with Crippen molar-refractivity contribution in [2.45, 2.75) is 73.0 Å². The van der Waals surface area contributed by atoms with Crippen LogP contribution >= 0.6 is 0 Å². The molecule has 0 spiro atoms. The predicted molar refractivity (Wildman–Crippen MR) is 349 cm³/mol. The third-order valence-corrected chi connectivity index (χ3v) is 14.8. The highest BCUT2D eigenvalue weighted by Crippen LogP contribution is 2.42. The van der Waals surface area contributed by atoms with Crippen LogP contribution in [-0.4, -0.2) is 89.1 Å². The summed E-state index contributed by atoms with van der Waals surface area (Å²) in [5, 5.41) is 5.36. The number of hydrogen-bond acceptors (Lipinski definition) is 12. The Morgan fingerprint density at radius 2 is 0.674 bits per heavy atom. The van der Waals surface area contributed by atoms with Crippen molar-refractivity contribution in [1.82, 2.24) is 10.6 Å². The second-order valence-electron chi connectivity index (χ2n) is 22.3. The minimum Gasteiger partial charge on any atom is -0.489 e. The molecule has 2 N–H and O–H groups in total. The number of para-hydroxylation sites is 2. The molecule has 14 heteroatoms. The Bertz CT molecular complexity index is 3350. The first-order chi connectivity index (χ1) is 42.9. The molecule has 0 saturated carbocycles. The summed E-state index contributed by atoms with van der Waals surface area (Å²) in [4.78, 5) is 50.9. The van der Waals surface area contributed by atoms with Crippen molar-refractivity contribution in [3.05, 3.63) is 240 Å². The molecule has 460 valence electrons. The van der Waals surface area contributed by atoms with E-state index in [1.54, 1.807) is 13.8 Å². The van der Waals surface area contributed by atoms with E-state index in [0.717, 1.165) is 77.9 Å². The van der Waals surface area contributed by atoms with Gasteiger partial charge in [-0.1, -0.05) is 209 Å². The number of alkyl carbamates (subject to hydrolysis) is 2. The first-order valence-electron chi connectivity index (χ1n) is 29.6. The number of hydrogen-bond donors (Lipinski definition) is 2. The fraction of sp³-hybridized carbons (Fsp3) is 0.253. The average molecular weight is 1200 g/mol. The molecule has 89 heavy (non-hydrogen) atoms. The number of aryl methyl sites for hydroxylation is 4. The van der Waals surface area contributed by atoms with E-state index in [4.69, 9.17) is 37.9 Å². The summed E-state index contributed by atoms with van der Waals surface area (Å²) in [7, 11) is 0. The van der Waals surface area contributed by atoms with Crippen LogP contribution in [0.1, 0.15) is 61.1 Å². The van der Waals surface area contributed by atoms with E-state index >= 15 is 0 Å². The molecule has 0 saturated heterocycles. The zero-order valence-electron chi connectivity index (χ0n) is 51.9. The molecule has 0 aliphatic heterocycles. The number of benzene rings is 8. The Labute approximate surface area is 522 Å². The fourth-order valence-corrected chi connectivity index (χ4v) is 10.2. The van der Waals surface area contributed by atoms with Crippen LogP contribution in [0.15, 0.2) is 206 Å². The van der Waals surface area contributed by atoms with Crippen molar-refractivity contribution < 1.29 is 57.1 Å². The zero-order chi connectivity index (χ0) is 63.5. The smallest absolute Gasteiger partial charge is 0.407 e. The molecule has 0 heterocycles. The number of carbonyl (C=O) groups is 4. The first-order valence-corrected chi connectivity index (χ1v) is 29.6. The molecule has 0 bridgehead atoms. The minimum atomic E-state index is -0.901. The Morgan fingerprint density at radius 3 is 0.944 bits per heavy atom. The monoisotopic (exact) mass is 1200 g/mol. The molecule has 2 amide bonds. The van der Waals surface area contributed by atoms with Gasteiger partial charge in [0, 0.05) is 38.8 Å². The van der Waals surface area contributed by atoms with Crippen molar-refractivity contribution >= 4 is 24.1 Å². The van der Waals surface area contributed by atoms with Gasteiger partial charge in [0.05, 0.1) is 13.1 Å². The van der Waals surface area contributed by atoms with Crippen molar-refractivity contribution in [2.75, 3.05) is 52.7 Å². The van der Waals surface area contributed by atoms with Crippen LogP contribution in [0.25, 0.3) is 44.5 Å². The summed E-state index contributed by atoms with van der Waals surface area (Å²) in [5.41, 5.74) is 12.9. The average Bonchev–Trinajstić information content (AvgIpc) is 2.56. The number of amides is 2. The van der Waals surface area contributed by atoms with E-state index in [0.29, 0.717) is 23.0 Å². The number of carbonyl (C=O) groups excluding carboxylic acids is 4. The molecule has 8 rings (SSSR count). The van der Waals surface area contributed by atoms with Crippen LogP contribution in [-0.2, 0) is 34.0 Å². The zero-order valence-corrected chi connectivity index (χ0v) is 51.9. The summed E-state index contributed by atoms with van der Waals surface area (Å²) in [6, 6.07) is 60.3. The van der Waals surface area contributed by atoms with E-state index in [9.17, 15) is 19.2 Å². The second kappa shape index (κ2) is 31.0. The summed E-state index contributed by atoms with van der Waals surface area (Å²) < 4.78 is 49.1. The molecule has 8 aromatic carbocycles. The highest BCUT2D eigenvalue weighted by Gasteiger charge is 2.29. The predicted octanol–water partition coefficient (Wildman–Crippen LogP) is 15.3. The summed E-state index contributed by atoms with van der Waals surface area (Å²) >= 11 is 0. The normalized spacial score (nSPS) is 11.7. The van der Waals surface area contributed by atoms with Crippen LogP contribution < -0.4 is 29.6 Å². The lowest BCUT2D eigenvalue weighted by Crippen LogP contribution is -2.37. The number of ether oxygens (including phenoxy) is 8. The van der Waals surface area contributed by atoms with Crippen LogP contribution in [0, 0.1) is 27.7 Å².